The first-order valence-corrected chi connectivity index (χ1v) is 5.62. The molecule has 94 valence electrons. The number of nitrogen functional groups attached to an aromatic ring is 1. The van der Waals surface area contributed by atoms with E-state index in [9.17, 15) is 4.79 Å². The van der Waals surface area contributed by atoms with E-state index in [2.05, 4.69) is 5.32 Å². The molecule has 1 rings (SSSR count). The SMILES string of the molecule is COC(C)(C)CC(=O)Nc1cc(N)ccc1Cl. The number of nitrogens with two attached hydrogens (primary N) is 1. The Morgan fingerprint density at radius 3 is 2.76 bits per heavy atom. The zero-order valence-corrected chi connectivity index (χ0v) is 11.0. The summed E-state index contributed by atoms with van der Waals surface area (Å²) in [6.45, 7) is 3.68. The van der Waals surface area contributed by atoms with Crippen LogP contribution in [0.15, 0.2) is 18.2 Å². The van der Waals surface area contributed by atoms with Gasteiger partial charge in [0, 0.05) is 12.8 Å². The lowest BCUT2D eigenvalue weighted by atomic mass is 10.0. The topological polar surface area (TPSA) is 64.3 Å². The van der Waals surface area contributed by atoms with Crippen LogP contribution in [0.3, 0.4) is 0 Å². The minimum absolute atomic E-state index is 0.163. The van der Waals surface area contributed by atoms with E-state index in [1.807, 2.05) is 13.8 Å². The number of anilines is 2. The maximum absolute atomic E-state index is 11.8. The number of benzene rings is 1. The summed E-state index contributed by atoms with van der Waals surface area (Å²) in [6.07, 6.45) is 0.245. The third-order valence-corrected chi connectivity index (χ3v) is 2.73. The second kappa shape index (κ2) is 5.38. The van der Waals surface area contributed by atoms with Crippen molar-refractivity contribution < 1.29 is 9.53 Å². The molecule has 0 aliphatic rings. The molecule has 17 heavy (non-hydrogen) atoms. The van der Waals surface area contributed by atoms with E-state index in [-0.39, 0.29) is 12.3 Å². The summed E-state index contributed by atoms with van der Waals surface area (Å²) in [5.41, 5.74) is 6.19. The summed E-state index contributed by atoms with van der Waals surface area (Å²) in [7, 11) is 1.57. The number of ether oxygens (including phenoxy) is 1. The van der Waals surface area contributed by atoms with Crippen LogP contribution < -0.4 is 11.1 Å². The van der Waals surface area contributed by atoms with E-state index < -0.39 is 5.60 Å². The van der Waals surface area contributed by atoms with Crippen molar-refractivity contribution in [1.29, 1.82) is 0 Å². The Morgan fingerprint density at radius 1 is 1.53 bits per heavy atom. The Balaban J connectivity index is 2.71. The molecule has 0 radical (unpaired) electrons. The van der Waals surface area contributed by atoms with Crippen LogP contribution in [-0.2, 0) is 9.53 Å². The number of carbonyl (C=O) groups is 1. The van der Waals surface area contributed by atoms with Gasteiger partial charge in [-0.15, -0.1) is 0 Å². The average Bonchev–Trinajstić information content (AvgIpc) is 2.23. The summed E-state index contributed by atoms with van der Waals surface area (Å²) < 4.78 is 5.18. The van der Waals surface area contributed by atoms with Crippen LogP contribution in [-0.4, -0.2) is 18.6 Å². The highest BCUT2D eigenvalue weighted by molar-refractivity contribution is 6.33. The highest BCUT2D eigenvalue weighted by Crippen LogP contribution is 2.25. The fraction of sp³-hybridized carbons (Fsp3) is 0.417. The number of carbonyl (C=O) groups excluding carboxylic acids is 1. The maximum Gasteiger partial charge on any atom is 0.227 e. The van der Waals surface area contributed by atoms with Crippen LogP contribution in [0.25, 0.3) is 0 Å². The van der Waals surface area contributed by atoms with Gasteiger partial charge in [0.25, 0.3) is 0 Å². The summed E-state index contributed by atoms with van der Waals surface area (Å²) in [6, 6.07) is 4.95. The lowest BCUT2D eigenvalue weighted by Gasteiger charge is -2.22. The Morgan fingerprint density at radius 2 is 2.18 bits per heavy atom. The molecule has 0 aliphatic carbocycles. The first kappa shape index (κ1) is 13.8. The monoisotopic (exact) mass is 256 g/mol. The number of amides is 1. The lowest BCUT2D eigenvalue weighted by Crippen LogP contribution is -2.29. The molecule has 1 aromatic carbocycles. The number of hydrogen-bond acceptors (Lipinski definition) is 3. The van der Waals surface area contributed by atoms with Crippen molar-refractivity contribution in [3.05, 3.63) is 23.2 Å². The van der Waals surface area contributed by atoms with Crippen LogP contribution in [0.1, 0.15) is 20.3 Å². The number of methoxy groups -OCH3 is 1. The zero-order chi connectivity index (χ0) is 13.1. The summed E-state index contributed by atoms with van der Waals surface area (Å²) >= 11 is 5.94. The lowest BCUT2D eigenvalue weighted by molar-refractivity contribution is -0.121. The van der Waals surface area contributed by atoms with Crippen molar-refractivity contribution in [3.63, 3.8) is 0 Å². The second-order valence-corrected chi connectivity index (χ2v) is 4.84. The molecule has 1 aromatic rings. The molecular weight excluding hydrogens is 240 g/mol. The average molecular weight is 257 g/mol. The quantitative estimate of drug-likeness (QED) is 0.814. The maximum atomic E-state index is 11.8. The fourth-order valence-corrected chi connectivity index (χ4v) is 1.46. The Labute approximate surface area is 106 Å². The Kier molecular flexibility index (Phi) is 4.37. The van der Waals surface area contributed by atoms with Gasteiger partial charge in [-0.25, -0.2) is 0 Å². The molecule has 1 amide bonds. The van der Waals surface area contributed by atoms with Crippen LogP contribution in [0.5, 0.6) is 0 Å². The molecular formula is C12H17ClN2O2. The van der Waals surface area contributed by atoms with E-state index in [0.29, 0.717) is 16.4 Å². The van der Waals surface area contributed by atoms with Crippen LogP contribution in [0.4, 0.5) is 11.4 Å². The highest BCUT2D eigenvalue weighted by atomic mass is 35.5. The van der Waals surface area contributed by atoms with Crippen molar-refractivity contribution in [1.82, 2.24) is 0 Å². The van der Waals surface area contributed by atoms with Crippen molar-refractivity contribution in [2.75, 3.05) is 18.2 Å². The van der Waals surface area contributed by atoms with Crippen molar-refractivity contribution in [2.45, 2.75) is 25.9 Å². The molecule has 4 nitrogen and oxygen atoms in total. The number of rotatable bonds is 4. The smallest absolute Gasteiger partial charge is 0.227 e. The molecule has 0 atom stereocenters. The molecule has 0 fully saturated rings. The minimum Gasteiger partial charge on any atom is -0.399 e. The predicted molar refractivity (Wildman–Crippen MR) is 70.2 cm³/mol. The largest absolute Gasteiger partial charge is 0.399 e. The number of nitrogens with one attached hydrogen (secondary N) is 1. The van der Waals surface area contributed by atoms with Gasteiger partial charge >= 0.3 is 0 Å². The number of halogens is 1. The molecule has 0 aliphatic heterocycles. The molecule has 0 bridgehead atoms. The molecule has 3 N–H and O–H groups in total. The Bertz CT molecular complexity index is 419. The molecule has 0 aromatic heterocycles. The van der Waals surface area contributed by atoms with Gasteiger partial charge in [-0.1, -0.05) is 11.6 Å². The third kappa shape index (κ3) is 4.24. The molecule has 0 spiro atoms. The Hall–Kier alpha value is -1.26. The van der Waals surface area contributed by atoms with Gasteiger partial charge in [0.2, 0.25) is 5.91 Å². The van der Waals surface area contributed by atoms with Gasteiger partial charge in [-0.3, -0.25) is 4.79 Å². The number of hydrogen-bond donors (Lipinski definition) is 2. The molecule has 0 saturated heterocycles. The van der Waals surface area contributed by atoms with Gasteiger partial charge in [0.05, 0.1) is 22.7 Å². The summed E-state index contributed by atoms with van der Waals surface area (Å²) in [5.74, 6) is -0.163. The summed E-state index contributed by atoms with van der Waals surface area (Å²) in [4.78, 5) is 11.8. The molecule has 0 unspecified atom stereocenters. The van der Waals surface area contributed by atoms with Crippen molar-refractivity contribution in [3.8, 4) is 0 Å². The van der Waals surface area contributed by atoms with E-state index in [4.69, 9.17) is 22.1 Å². The fourth-order valence-electron chi connectivity index (χ4n) is 1.29. The standard InChI is InChI=1S/C12H17ClN2O2/c1-12(2,17-3)7-11(16)15-10-6-8(14)4-5-9(10)13/h4-6H,7,14H2,1-3H3,(H,15,16). The van der Waals surface area contributed by atoms with Gasteiger partial charge in [0.15, 0.2) is 0 Å². The third-order valence-electron chi connectivity index (χ3n) is 2.40. The van der Waals surface area contributed by atoms with Gasteiger partial charge < -0.3 is 15.8 Å². The highest BCUT2D eigenvalue weighted by Gasteiger charge is 2.21. The normalized spacial score (nSPS) is 11.3. The molecule has 0 saturated carbocycles. The van der Waals surface area contributed by atoms with Gasteiger partial charge in [-0.05, 0) is 32.0 Å². The molecule has 5 heteroatoms. The predicted octanol–water partition coefficient (Wildman–Crippen LogP) is 2.68. The van der Waals surface area contributed by atoms with Crippen molar-refractivity contribution >= 4 is 28.9 Å². The molecule has 0 heterocycles. The second-order valence-electron chi connectivity index (χ2n) is 4.43. The van der Waals surface area contributed by atoms with Crippen LogP contribution in [0.2, 0.25) is 5.02 Å². The zero-order valence-electron chi connectivity index (χ0n) is 10.2. The van der Waals surface area contributed by atoms with Gasteiger partial charge in [-0.2, -0.15) is 0 Å². The van der Waals surface area contributed by atoms with E-state index >= 15 is 0 Å². The van der Waals surface area contributed by atoms with Crippen LogP contribution in [0, 0.1) is 0 Å². The minimum atomic E-state index is -0.503. The first-order chi connectivity index (χ1) is 7.84. The summed E-state index contributed by atoms with van der Waals surface area (Å²) in [5, 5.41) is 3.17. The van der Waals surface area contributed by atoms with E-state index in [1.165, 1.54) is 0 Å². The van der Waals surface area contributed by atoms with Crippen LogP contribution >= 0.6 is 11.6 Å². The first-order valence-electron chi connectivity index (χ1n) is 5.24. The van der Waals surface area contributed by atoms with Crippen molar-refractivity contribution in [2.24, 2.45) is 0 Å². The van der Waals surface area contributed by atoms with E-state index in [1.54, 1.807) is 25.3 Å². The van der Waals surface area contributed by atoms with E-state index in [0.717, 1.165) is 0 Å². The van der Waals surface area contributed by atoms with Gasteiger partial charge in [0.1, 0.15) is 0 Å².